The molecule has 0 amide bonds. The van der Waals surface area contributed by atoms with Gasteiger partial charge < -0.3 is 10.1 Å². The molecule has 0 spiro atoms. The average Bonchev–Trinajstić information content (AvgIpc) is 3.03. The highest BCUT2D eigenvalue weighted by Crippen LogP contribution is 2.35. The minimum Gasteiger partial charge on any atom is -0.375 e. The SMILES string of the molecule is CNC(CN1CCOC2CCCC21)C1CC1. The van der Waals surface area contributed by atoms with E-state index in [0.29, 0.717) is 6.10 Å². The Morgan fingerprint density at radius 3 is 2.94 bits per heavy atom. The summed E-state index contributed by atoms with van der Waals surface area (Å²) in [6, 6.07) is 1.45. The van der Waals surface area contributed by atoms with Gasteiger partial charge in [-0.2, -0.15) is 0 Å². The maximum atomic E-state index is 5.86. The largest absolute Gasteiger partial charge is 0.375 e. The highest BCUT2D eigenvalue weighted by molar-refractivity contribution is 4.94. The molecule has 3 rings (SSSR count). The fraction of sp³-hybridized carbons (Fsp3) is 1.00. The molecule has 1 aliphatic heterocycles. The minimum atomic E-state index is 0.547. The molecule has 0 aromatic carbocycles. The molecule has 1 saturated heterocycles. The van der Waals surface area contributed by atoms with Crippen LogP contribution in [0.1, 0.15) is 32.1 Å². The Kier molecular flexibility index (Phi) is 3.18. The molecule has 1 N–H and O–H groups in total. The summed E-state index contributed by atoms with van der Waals surface area (Å²) in [5.74, 6) is 0.952. The Labute approximate surface area is 98.5 Å². The number of nitrogens with zero attached hydrogens (tertiary/aromatic N) is 1. The van der Waals surface area contributed by atoms with Crippen LogP contribution in [0.5, 0.6) is 0 Å². The first-order chi connectivity index (χ1) is 7.88. The standard InChI is InChI=1S/C13H24N2O/c1-14-11(10-5-6-10)9-15-7-8-16-13-4-2-3-12(13)15/h10-14H,2-9H2,1H3. The van der Waals surface area contributed by atoms with Crippen LogP contribution in [-0.4, -0.2) is 49.8 Å². The molecule has 3 nitrogen and oxygen atoms in total. The molecule has 1 heterocycles. The zero-order chi connectivity index (χ0) is 11.0. The zero-order valence-electron chi connectivity index (χ0n) is 10.3. The van der Waals surface area contributed by atoms with E-state index >= 15 is 0 Å². The second kappa shape index (κ2) is 4.63. The first kappa shape index (κ1) is 11.0. The van der Waals surface area contributed by atoms with Crippen molar-refractivity contribution in [1.82, 2.24) is 10.2 Å². The van der Waals surface area contributed by atoms with Crippen molar-refractivity contribution in [2.45, 2.75) is 50.3 Å². The summed E-state index contributed by atoms with van der Waals surface area (Å²) >= 11 is 0. The van der Waals surface area contributed by atoms with Gasteiger partial charge in [0.1, 0.15) is 0 Å². The van der Waals surface area contributed by atoms with Gasteiger partial charge in [-0.3, -0.25) is 4.90 Å². The van der Waals surface area contributed by atoms with Crippen LogP contribution in [0.2, 0.25) is 0 Å². The van der Waals surface area contributed by atoms with Crippen LogP contribution in [-0.2, 0) is 4.74 Å². The van der Waals surface area contributed by atoms with Crippen LogP contribution >= 0.6 is 0 Å². The summed E-state index contributed by atoms with van der Waals surface area (Å²) in [7, 11) is 2.12. The number of likely N-dealkylation sites (N-methyl/N-ethyl adjacent to an activating group) is 1. The summed E-state index contributed by atoms with van der Waals surface area (Å²) < 4.78 is 5.86. The molecule has 0 radical (unpaired) electrons. The number of fused-ring (bicyclic) bond motifs is 1. The van der Waals surface area contributed by atoms with Gasteiger partial charge in [-0.1, -0.05) is 0 Å². The summed E-state index contributed by atoms with van der Waals surface area (Å²) in [6.45, 7) is 3.33. The van der Waals surface area contributed by atoms with Gasteiger partial charge in [-0.05, 0) is 45.1 Å². The summed E-state index contributed by atoms with van der Waals surface area (Å²) in [5, 5.41) is 3.51. The molecule has 3 unspecified atom stereocenters. The average molecular weight is 224 g/mol. The van der Waals surface area contributed by atoms with E-state index in [0.717, 1.165) is 31.2 Å². The van der Waals surface area contributed by atoms with Crippen LogP contribution in [0.15, 0.2) is 0 Å². The van der Waals surface area contributed by atoms with Crippen molar-refractivity contribution in [2.75, 3.05) is 26.7 Å². The Morgan fingerprint density at radius 1 is 1.31 bits per heavy atom. The van der Waals surface area contributed by atoms with Crippen LogP contribution in [0.4, 0.5) is 0 Å². The molecular formula is C13H24N2O. The molecule has 2 saturated carbocycles. The van der Waals surface area contributed by atoms with Crippen LogP contribution in [0, 0.1) is 5.92 Å². The lowest BCUT2D eigenvalue weighted by Crippen LogP contribution is -2.53. The third-order valence-electron chi connectivity index (χ3n) is 4.59. The number of hydrogen-bond donors (Lipinski definition) is 1. The van der Waals surface area contributed by atoms with Crippen molar-refractivity contribution >= 4 is 0 Å². The Balaban J connectivity index is 1.59. The third-order valence-corrected chi connectivity index (χ3v) is 4.59. The van der Waals surface area contributed by atoms with E-state index in [1.165, 1.54) is 38.6 Å². The predicted octanol–water partition coefficient (Wildman–Crippen LogP) is 1.24. The number of ether oxygens (including phenoxy) is 1. The lowest BCUT2D eigenvalue weighted by atomic mass is 10.1. The maximum Gasteiger partial charge on any atom is 0.0730 e. The topological polar surface area (TPSA) is 24.5 Å². The van der Waals surface area contributed by atoms with E-state index in [9.17, 15) is 0 Å². The van der Waals surface area contributed by atoms with Crippen molar-refractivity contribution in [1.29, 1.82) is 0 Å². The van der Waals surface area contributed by atoms with Gasteiger partial charge in [0.25, 0.3) is 0 Å². The Hall–Kier alpha value is -0.120. The van der Waals surface area contributed by atoms with Gasteiger partial charge >= 0.3 is 0 Å². The van der Waals surface area contributed by atoms with Gasteiger partial charge in [0.15, 0.2) is 0 Å². The highest BCUT2D eigenvalue weighted by Gasteiger charge is 2.39. The van der Waals surface area contributed by atoms with Crippen molar-refractivity contribution in [3.8, 4) is 0 Å². The quantitative estimate of drug-likeness (QED) is 0.777. The number of nitrogens with one attached hydrogen (secondary N) is 1. The van der Waals surface area contributed by atoms with Gasteiger partial charge in [0, 0.05) is 25.2 Å². The van der Waals surface area contributed by atoms with Gasteiger partial charge in [0.05, 0.1) is 12.7 Å². The monoisotopic (exact) mass is 224 g/mol. The molecule has 92 valence electrons. The fourth-order valence-electron chi connectivity index (χ4n) is 3.46. The van der Waals surface area contributed by atoms with E-state index in [4.69, 9.17) is 4.74 Å². The van der Waals surface area contributed by atoms with E-state index in [1.807, 2.05) is 0 Å². The fourth-order valence-corrected chi connectivity index (χ4v) is 3.46. The maximum absolute atomic E-state index is 5.86. The Bertz CT molecular complexity index is 242. The predicted molar refractivity (Wildman–Crippen MR) is 64.5 cm³/mol. The molecular weight excluding hydrogens is 200 g/mol. The van der Waals surface area contributed by atoms with Crippen LogP contribution in [0.3, 0.4) is 0 Å². The number of rotatable bonds is 4. The summed E-state index contributed by atoms with van der Waals surface area (Å²) in [5.41, 5.74) is 0. The summed E-state index contributed by atoms with van der Waals surface area (Å²) in [4.78, 5) is 2.70. The molecule has 0 bridgehead atoms. The van der Waals surface area contributed by atoms with E-state index in [1.54, 1.807) is 0 Å². The van der Waals surface area contributed by atoms with Gasteiger partial charge in [-0.15, -0.1) is 0 Å². The second-order valence-electron chi connectivity index (χ2n) is 5.64. The third kappa shape index (κ3) is 2.13. The van der Waals surface area contributed by atoms with Crippen LogP contribution in [0.25, 0.3) is 0 Å². The highest BCUT2D eigenvalue weighted by atomic mass is 16.5. The molecule has 3 fully saturated rings. The zero-order valence-corrected chi connectivity index (χ0v) is 10.3. The first-order valence-corrected chi connectivity index (χ1v) is 6.91. The molecule has 3 atom stereocenters. The second-order valence-corrected chi connectivity index (χ2v) is 5.64. The van der Waals surface area contributed by atoms with Crippen LogP contribution < -0.4 is 5.32 Å². The lowest BCUT2D eigenvalue weighted by molar-refractivity contribution is -0.0585. The van der Waals surface area contributed by atoms with E-state index < -0.39 is 0 Å². The Morgan fingerprint density at radius 2 is 2.19 bits per heavy atom. The molecule has 2 aliphatic carbocycles. The first-order valence-electron chi connectivity index (χ1n) is 6.91. The smallest absolute Gasteiger partial charge is 0.0730 e. The molecule has 3 aliphatic rings. The van der Waals surface area contributed by atoms with E-state index in [2.05, 4.69) is 17.3 Å². The minimum absolute atomic E-state index is 0.547. The normalized spacial score (nSPS) is 37.3. The van der Waals surface area contributed by atoms with Crippen molar-refractivity contribution < 1.29 is 4.74 Å². The van der Waals surface area contributed by atoms with Gasteiger partial charge in [-0.25, -0.2) is 0 Å². The van der Waals surface area contributed by atoms with Crippen molar-refractivity contribution in [3.05, 3.63) is 0 Å². The number of hydrogen-bond acceptors (Lipinski definition) is 3. The van der Waals surface area contributed by atoms with Crippen molar-refractivity contribution in [2.24, 2.45) is 5.92 Å². The van der Waals surface area contributed by atoms with Crippen molar-refractivity contribution in [3.63, 3.8) is 0 Å². The molecule has 0 aromatic heterocycles. The molecule has 16 heavy (non-hydrogen) atoms. The van der Waals surface area contributed by atoms with Gasteiger partial charge in [0.2, 0.25) is 0 Å². The molecule has 0 aromatic rings. The lowest BCUT2D eigenvalue weighted by Gasteiger charge is -2.39. The summed E-state index contributed by atoms with van der Waals surface area (Å²) in [6.07, 6.45) is 7.42. The molecule has 3 heteroatoms. The number of morpholine rings is 1. The van der Waals surface area contributed by atoms with E-state index in [-0.39, 0.29) is 0 Å².